The molecule has 22 heavy (non-hydrogen) atoms. The molecule has 5 heteroatoms. The Bertz CT molecular complexity index is 768. The molecule has 0 saturated carbocycles. The summed E-state index contributed by atoms with van der Waals surface area (Å²) in [6.45, 7) is 1.51. The predicted molar refractivity (Wildman–Crippen MR) is 80.7 cm³/mol. The molecule has 5 nitrogen and oxygen atoms in total. The highest BCUT2D eigenvalue weighted by Crippen LogP contribution is 2.25. The van der Waals surface area contributed by atoms with Gasteiger partial charge in [-0.15, -0.1) is 0 Å². The van der Waals surface area contributed by atoms with Gasteiger partial charge in [0.05, 0.1) is 17.7 Å². The monoisotopic (exact) mass is 291 g/mol. The first-order chi connectivity index (χ1) is 10.5. The van der Waals surface area contributed by atoms with Gasteiger partial charge in [0, 0.05) is 0 Å². The van der Waals surface area contributed by atoms with E-state index in [0.717, 1.165) is 11.1 Å². The number of amides is 1. The smallest absolute Gasteiger partial charge is 0.406 e. The van der Waals surface area contributed by atoms with Gasteiger partial charge in [0.1, 0.15) is 0 Å². The van der Waals surface area contributed by atoms with E-state index in [4.69, 9.17) is 10.4 Å². The Morgan fingerprint density at radius 3 is 1.95 bits per heavy atom. The second-order valence-corrected chi connectivity index (χ2v) is 4.93. The molecule has 0 radical (unpaired) electrons. The van der Waals surface area contributed by atoms with Crippen molar-refractivity contribution in [3.8, 4) is 23.3 Å². The molecule has 2 aromatic rings. The van der Waals surface area contributed by atoms with Crippen LogP contribution in [-0.2, 0) is 5.54 Å². The fraction of sp³-hybridized carbons (Fsp3) is 0.118. The lowest BCUT2D eigenvalue weighted by Gasteiger charge is -2.22. The highest BCUT2D eigenvalue weighted by Gasteiger charge is 2.28. The second kappa shape index (κ2) is 5.99. The fourth-order valence-electron chi connectivity index (χ4n) is 2.11. The van der Waals surface area contributed by atoms with Crippen LogP contribution in [0.15, 0.2) is 48.5 Å². The molecule has 2 aromatic carbocycles. The van der Waals surface area contributed by atoms with E-state index in [-0.39, 0.29) is 0 Å². The first kappa shape index (κ1) is 15.1. The molecule has 0 aliphatic heterocycles. The van der Waals surface area contributed by atoms with Gasteiger partial charge in [-0.1, -0.05) is 36.4 Å². The number of nitriles is 2. The quantitative estimate of drug-likeness (QED) is 0.907. The highest BCUT2D eigenvalue weighted by molar-refractivity contribution is 5.68. The molecule has 1 atom stereocenters. The van der Waals surface area contributed by atoms with Crippen LogP contribution in [0.4, 0.5) is 4.79 Å². The van der Waals surface area contributed by atoms with Gasteiger partial charge in [-0.05, 0) is 35.7 Å². The molecule has 0 heterocycles. The van der Waals surface area contributed by atoms with Crippen LogP contribution in [-0.4, -0.2) is 11.2 Å². The molecule has 2 N–H and O–H groups in total. The lowest BCUT2D eigenvalue weighted by atomic mass is 9.92. The predicted octanol–water partition coefficient (Wildman–Crippen LogP) is 3.23. The molecule has 108 valence electrons. The molecule has 2 rings (SSSR count). The van der Waals surface area contributed by atoms with Crippen LogP contribution in [0.2, 0.25) is 0 Å². The number of nitrogens with zero attached hydrogens (tertiary/aromatic N) is 2. The number of nitrogens with one attached hydrogen (secondary N) is 1. The van der Waals surface area contributed by atoms with Gasteiger partial charge in [0.2, 0.25) is 0 Å². The van der Waals surface area contributed by atoms with E-state index in [9.17, 15) is 10.1 Å². The number of hydrogen-bond acceptors (Lipinski definition) is 3. The maximum atomic E-state index is 10.8. The van der Waals surface area contributed by atoms with Crippen molar-refractivity contribution in [3.05, 3.63) is 59.7 Å². The molecular weight excluding hydrogens is 278 g/mol. The van der Waals surface area contributed by atoms with E-state index < -0.39 is 11.6 Å². The van der Waals surface area contributed by atoms with E-state index in [2.05, 4.69) is 11.4 Å². The van der Waals surface area contributed by atoms with Crippen molar-refractivity contribution in [2.45, 2.75) is 12.5 Å². The zero-order valence-corrected chi connectivity index (χ0v) is 11.9. The lowest BCUT2D eigenvalue weighted by molar-refractivity contribution is 0.186. The van der Waals surface area contributed by atoms with E-state index in [1.807, 2.05) is 30.3 Å². The Balaban J connectivity index is 2.32. The van der Waals surface area contributed by atoms with Crippen LogP contribution in [0.3, 0.4) is 0 Å². The lowest BCUT2D eigenvalue weighted by Crippen LogP contribution is -2.41. The van der Waals surface area contributed by atoms with Gasteiger partial charge in [0.25, 0.3) is 0 Å². The average molecular weight is 291 g/mol. The minimum Gasteiger partial charge on any atom is -0.465 e. The Labute approximate surface area is 128 Å². The van der Waals surface area contributed by atoms with Crippen LogP contribution in [0, 0.1) is 22.7 Å². The van der Waals surface area contributed by atoms with Crippen LogP contribution in [0.25, 0.3) is 11.1 Å². The summed E-state index contributed by atoms with van der Waals surface area (Å²) in [7, 11) is 0. The number of carbonyl (C=O) groups is 1. The number of hydrogen-bond donors (Lipinski definition) is 2. The summed E-state index contributed by atoms with van der Waals surface area (Å²) in [5.41, 5.74) is 1.71. The van der Waals surface area contributed by atoms with Gasteiger partial charge < -0.3 is 5.11 Å². The van der Waals surface area contributed by atoms with E-state index in [1.165, 1.54) is 6.92 Å². The molecule has 0 aliphatic rings. The van der Waals surface area contributed by atoms with Crippen molar-refractivity contribution in [2.24, 2.45) is 0 Å². The summed E-state index contributed by atoms with van der Waals surface area (Å²) < 4.78 is 0. The summed E-state index contributed by atoms with van der Waals surface area (Å²) >= 11 is 0. The number of carboxylic acid groups (broad SMARTS) is 1. The van der Waals surface area contributed by atoms with Crippen LogP contribution in [0.1, 0.15) is 18.1 Å². The van der Waals surface area contributed by atoms with Gasteiger partial charge in [-0.3, -0.25) is 5.32 Å². The fourth-order valence-corrected chi connectivity index (χ4v) is 2.11. The SMILES string of the molecule is CC(C#N)(NC(=O)O)c1ccc(-c2ccc(C#N)cc2)cc1. The van der Waals surface area contributed by atoms with Crippen molar-refractivity contribution >= 4 is 6.09 Å². The summed E-state index contributed by atoms with van der Waals surface area (Å²) in [6.07, 6.45) is -1.25. The first-order valence-corrected chi connectivity index (χ1v) is 6.52. The zero-order valence-electron chi connectivity index (χ0n) is 11.9. The third-order valence-electron chi connectivity index (χ3n) is 3.39. The van der Waals surface area contributed by atoms with Crippen molar-refractivity contribution in [1.82, 2.24) is 5.32 Å². The molecule has 0 fully saturated rings. The first-order valence-electron chi connectivity index (χ1n) is 6.52. The normalized spacial score (nSPS) is 12.5. The Hall–Kier alpha value is -3.31. The summed E-state index contributed by atoms with van der Waals surface area (Å²) in [6, 6.07) is 18.2. The minimum atomic E-state index is -1.30. The molecule has 1 unspecified atom stereocenters. The van der Waals surface area contributed by atoms with Crippen molar-refractivity contribution in [3.63, 3.8) is 0 Å². The van der Waals surface area contributed by atoms with Gasteiger partial charge >= 0.3 is 6.09 Å². The van der Waals surface area contributed by atoms with Crippen LogP contribution in [0.5, 0.6) is 0 Å². The average Bonchev–Trinajstić information content (AvgIpc) is 2.54. The van der Waals surface area contributed by atoms with Crippen LogP contribution < -0.4 is 5.32 Å². The molecule has 0 aromatic heterocycles. The topological polar surface area (TPSA) is 96.9 Å². The van der Waals surface area contributed by atoms with Gasteiger partial charge in [-0.25, -0.2) is 4.79 Å². The third-order valence-corrected chi connectivity index (χ3v) is 3.39. The summed E-state index contributed by atoms with van der Waals surface area (Å²) in [5, 5.41) is 29.1. The van der Waals surface area contributed by atoms with Gasteiger partial charge in [0.15, 0.2) is 5.54 Å². The Morgan fingerprint density at radius 2 is 1.55 bits per heavy atom. The standard InChI is InChI=1S/C17H13N3O2/c1-17(11-19,20-16(21)22)15-8-6-14(7-9-15)13-4-2-12(10-18)3-5-13/h2-9,20H,1H3,(H,21,22). The maximum absolute atomic E-state index is 10.8. The van der Waals surface area contributed by atoms with Gasteiger partial charge in [-0.2, -0.15) is 10.5 Å². The molecule has 0 spiro atoms. The van der Waals surface area contributed by atoms with E-state index in [1.54, 1.807) is 24.3 Å². The third kappa shape index (κ3) is 3.05. The van der Waals surface area contributed by atoms with E-state index >= 15 is 0 Å². The van der Waals surface area contributed by atoms with Crippen molar-refractivity contribution in [1.29, 1.82) is 10.5 Å². The number of benzene rings is 2. The van der Waals surface area contributed by atoms with Crippen molar-refractivity contribution in [2.75, 3.05) is 0 Å². The van der Waals surface area contributed by atoms with E-state index in [0.29, 0.717) is 11.1 Å². The number of rotatable bonds is 3. The summed E-state index contributed by atoms with van der Waals surface area (Å²) in [4.78, 5) is 10.8. The Morgan fingerprint density at radius 1 is 1.05 bits per heavy atom. The Kier molecular flexibility index (Phi) is 4.11. The largest absolute Gasteiger partial charge is 0.465 e. The van der Waals surface area contributed by atoms with Crippen molar-refractivity contribution < 1.29 is 9.90 Å². The maximum Gasteiger partial charge on any atom is 0.406 e. The highest BCUT2D eigenvalue weighted by atomic mass is 16.4. The molecule has 1 amide bonds. The van der Waals surface area contributed by atoms with Crippen LogP contribution >= 0.6 is 0 Å². The molecule has 0 bridgehead atoms. The molecule has 0 saturated heterocycles. The second-order valence-electron chi connectivity index (χ2n) is 4.93. The zero-order chi connectivity index (χ0) is 16.2. The summed E-state index contributed by atoms with van der Waals surface area (Å²) in [5.74, 6) is 0. The minimum absolute atomic E-state index is 0.565. The molecular formula is C17H13N3O2. The molecule has 0 aliphatic carbocycles.